The molecule has 0 spiro atoms. The van der Waals surface area contributed by atoms with Crippen LogP contribution in [0.15, 0.2) is 40.9 Å². The van der Waals surface area contributed by atoms with Crippen molar-refractivity contribution in [1.29, 1.82) is 0 Å². The average molecular weight is 341 g/mol. The van der Waals surface area contributed by atoms with Crippen molar-refractivity contribution in [3.8, 4) is 11.5 Å². The Bertz CT molecular complexity index is 602. The van der Waals surface area contributed by atoms with Crippen molar-refractivity contribution in [2.24, 2.45) is 0 Å². The van der Waals surface area contributed by atoms with E-state index in [9.17, 15) is 9.50 Å². The molecular weight excluding hydrogens is 327 g/mol. The van der Waals surface area contributed by atoms with Crippen LogP contribution < -0.4 is 9.47 Å². The molecule has 106 valence electrons. The van der Waals surface area contributed by atoms with Crippen LogP contribution >= 0.6 is 15.9 Å². The van der Waals surface area contributed by atoms with Crippen LogP contribution in [0.3, 0.4) is 0 Å². The average Bonchev–Trinajstić information content (AvgIpc) is 2.46. The highest BCUT2D eigenvalue weighted by atomic mass is 79.9. The van der Waals surface area contributed by atoms with E-state index in [1.807, 2.05) is 0 Å². The number of aliphatic hydroxyl groups is 1. The van der Waals surface area contributed by atoms with E-state index < -0.39 is 0 Å². The first-order valence-corrected chi connectivity index (χ1v) is 6.78. The van der Waals surface area contributed by atoms with Gasteiger partial charge in [-0.05, 0) is 30.3 Å². The standard InChI is InChI=1S/C15H14BrFO3/c1-19-13-4-5-15(11(6-13)8-18)20-9-10-2-3-12(17)7-14(10)16/h2-7,18H,8-9H2,1H3. The van der Waals surface area contributed by atoms with Gasteiger partial charge in [0.15, 0.2) is 0 Å². The Morgan fingerprint density at radius 1 is 1.15 bits per heavy atom. The maximum Gasteiger partial charge on any atom is 0.125 e. The van der Waals surface area contributed by atoms with Crippen molar-refractivity contribution < 1.29 is 19.0 Å². The summed E-state index contributed by atoms with van der Waals surface area (Å²) in [5, 5.41) is 9.33. The van der Waals surface area contributed by atoms with Crippen molar-refractivity contribution in [1.82, 2.24) is 0 Å². The van der Waals surface area contributed by atoms with E-state index in [-0.39, 0.29) is 19.0 Å². The Hall–Kier alpha value is -1.59. The zero-order valence-corrected chi connectivity index (χ0v) is 12.5. The van der Waals surface area contributed by atoms with Gasteiger partial charge in [0.2, 0.25) is 0 Å². The number of halogens is 2. The Labute approximate surface area is 125 Å². The van der Waals surface area contributed by atoms with Gasteiger partial charge in [0.1, 0.15) is 23.9 Å². The Morgan fingerprint density at radius 3 is 2.60 bits per heavy atom. The summed E-state index contributed by atoms with van der Waals surface area (Å²) in [6.45, 7) is 0.136. The maximum atomic E-state index is 13.0. The molecule has 0 radical (unpaired) electrons. The predicted octanol–water partition coefficient (Wildman–Crippen LogP) is 3.67. The first-order valence-electron chi connectivity index (χ1n) is 5.98. The lowest BCUT2D eigenvalue weighted by atomic mass is 10.2. The van der Waals surface area contributed by atoms with E-state index in [1.54, 1.807) is 31.4 Å². The second-order valence-corrected chi connectivity index (χ2v) is 5.01. The molecule has 0 saturated heterocycles. The molecule has 0 fully saturated rings. The van der Waals surface area contributed by atoms with Gasteiger partial charge in [-0.2, -0.15) is 0 Å². The van der Waals surface area contributed by atoms with E-state index in [0.29, 0.717) is 21.5 Å². The van der Waals surface area contributed by atoms with Crippen LogP contribution in [0.1, 0.15) is 11.1 Å². The second-order valence-electron chi connectivity index (χ2n) is 4.16. The molecule has 5 heteroatoms. The van der Waals surface area contributed by atoms with Crippen LogP contribution in [0.2, 0.25) is 0 Å². The summed E-state index contributed by atoms with van der Waals surface area (Å²) in [4.78, 5) is 0. The summed E-state index contributed by atoms with van der Waals surface area (Å²) in [6.07, 6.45) is 0. The van der Waals surface area contributed by atoms with Gasteiger partial charge in [0.25, 0.3) is 0 Å². The third kappa shape index (κ3) is 3.49. The second kappa shape index (κ2) is 6.72. The number of methoxy groups -OCH3 is 1. The topological polar surface area (TPSA) is 38.7 Å². The monoisotopic (exact) mass is 340 g/mol. The molecule has 0 saturated carbocycles. The smallest absolute Gasteiger partial charge is 0.125 e. The third-order valence-electron chi connectivity index (χ3n) is 2.84. The number of aliphatic hydroxyl groups excluding tert-OH is 1. The van der Waals surface area contributed by atoms with Gasteiger partial charge in [0.05, 0.1) is 13.7 Å². The summed E-state index contributed by atoms with van der Waals surface area (Å²) >= 11 is 3.29. The normalized spacial score (nSPS) is 10.4. The number of hydrogen-bond acceptors (Lipinski definition) is 3. The number of benzene rings is 2. The highest BCUT2D eigenvalue weighted by Gasteiger charge is 2.07. The summed E-state index contributed by atoms with van der Waals surface area (Å²) in [5.41, 5.74) is 1.47. The Morgan fingerprint density at radius 2 is 1.95 bits per heavy atom. The van der Waals surface area contributed by atoms with E-state index in [1.165, 1.54) is 12.1 Å². The molecule has 0 bridgehead atoms. The molecule has 1 N–H and O–H groups in total. The van der Waals surface area contributed by atoms with Crippen LogP contribution in [0.25, 0.3) is 0 Å². The zero-order chi connectivity index (χ0) is 14.5. The van der Waals surface area contributed by atoms with Crippen molar-refractivity contribution in [3.63, 3.8) is 0 Å². The highest BCUT2D eigenvalue weighted by molar-refractivity contribution is 9.10. The van der Waals surface area contributed by atoms with E-state index in [4.69, 9.17) is 9.47 Å². The minimum atomic E-state index is -0.305. The van der Waals surface area contributed by atoms with Crippen LogP contribution in [0, 0.1) is 5.82 Å². The molecule has 0 unspecified atom stereocenters. The van der Waals surface area contributed by atoms with Gasteiger partial charge >= 0.3 is 0 Å². The van der Waals surface area contributed by atoms with Crippen LogP contribution in [-0.2, 0) is 13.2 Å². The molecule has 0 heterocycles. The van der Waals surface area contributed by atoms with Gasteiger partial charge < -0.3 is 14.6 Å². The van der Waals surface area contributed by atoms with E-state index in [2.05, 4.69) is 15.9 Å². The van der Waals surface area contributed by atoms with Gasteiger partial charge in [-0.1, -0.05) is 22.0 Å². The molecule has 0 aliphatic heterocycles. The summed E-state index contributed by atoms with van der Waals surface area (Å²) in [7, 11) is 1.56. The molecule has 0 atom stereocenters. The van der Waals surface area contributed by atoms with Gasteiger partial charge in [0, 0.05) is 15.6 Å². The molecule has 0 amide bonds. The lowest BCUT2D eigenvalue weighted by Crippen LogP contribution is -2.00. The van der Waals surface area contributed by atoms with Crippen molar-refractivity contribution in [2.75, 3.05) is 7.11 Å². The van der Waals surface area contributed by atoms with Gasteiger partial charge in [-0.15, -0.1) is 0 Å². The van der Waals surface area contributed by atoms with E-state index in [0.717, 1.165) is 5.56 Å². The molecule has 3 nitrogen and oxygen atoms in total. The minimum Gasteiger partial charge on any atom is -0.497 e. The first kappa shape index (κ1) is 14.8. The molecule has 0 aliphatic carbocycles. The van der Waals surface area contributed by atoms with Crippen molar-refractivity contribution in [3.05, 3.63) is 57.8 Å². The lowest BCUT2D eigenvalue weighted by Gasteiger charge is -2.12. The molecule has 2 aromatic carbocycles. The molecule has 2 rings (SSSR count). The predicted molar refractivity (Wildman–Crippen MR) is 77.3 cm³/mol. The summed E-state index contributed by atoms with van der Waals surface area (Å²) in [5.74, 6) is 0.926. The zero-order valence-electron chi connectivity index (χ0n) is 10.9. The summed E-state index contributed by atoms with van der Waals surface area (Å²) < 4.78 is 24.4. The van der Waals surface area contributed by atoms with Gasteiger partial charge in [-0.25, -0.2) is 4.39 Å². The van der Waals surface area contributed by atoms with Crippen molar-refractivity contribution >= 4 is 15.9 Å². The van der Waals surface area contributed by atoms with Crippen LogP contribution in [0.5, 0.6) is 11.5 Å². The highest BCUT2D eigenvalue weighted by Crippen LogP contribution is 2.26. The number of rotatable bonds is 5. The van der Waals surface area contributed by atoms with Crippen molar-refractivity contribution in [2.45, 2.75) is 13.2 Å². The summed E-state index contributed by atoms with van der Waals surface area (Å²) in [6, 6.07) is 9.64. The molecule has 0 aliphatic rings. The lowest BCUT2D eigenvalue weighted by molar-refractivity contribution is 0.257. The van der Waals surface area contributed by atoms with Crippen LogP contribution in [-0.4, -0.2) is 12.2 Å². The fraction of sp³-hybridized carbons (Fsp3) is 0.200. The third-order valence-corrected chi connectivity index (χ3v) is 3.57. The van der Waals surface area contributed by atoms with Gasteiger partial charge in [-0.3, -0.25) is 0 Å². The molecule has 0 aromatic heterocycles. The fourth-order valence-corrected chi connectivity index (χ4v) is 2.21. The molecule has 20 heavy (non-hydrogen) atoms. The Balaban J connectivity index is 2.14. The van der Waals surface area contributed by atoms with E-state index >= 15 is 0 Å². The largest absolute Gasteiger partial charge is 0.497 e. The number of hydrogen-bond donors (Lipinski definition) is 1. The number of ether oxygens (including phenoxy) is 2. The quantitative estimate of drug-likeness (QED) is 0.902. The Kier molecular flexibility index (Phi) is 4.98. The SMILES string of the molecule is COc1ccc(OCc2ccc(F)cc2Br)c(CO)c1. The molecular formula is C15H14BrFO3. The van der Waals surface area contributed by atoms with Crippen LogP contribution in [0.4, 0.5) is 4.39 Å². The maximum absolute atomic E-state index is 13.0. The fourth-order valence-electron chi connectivity index (χ4n) is 1.74. The molecule has 2 aromatic rings. The first-order chi connectivity index (χ1) is 9.63. The minimum absolute atomic E-state index is 0.142.